The lowest BCUT2D eigenvalue weighted by atomic mass is 10.0. The number of nitrogen functional groups attached to an aromatic ring is 1. The highest BCUT2D eigenvalue weighted by Crippen LogP contribution is 2.22. The molecular formula is C24H23N5O2. The number of H-pyrrole nitrogens is 2. The van der Waals surface area contributed by atoms with Gasteiger partial charge in [-0.3, -0.25) is 15.0 Å². The van der Waals surface area contributed by atoms with Crippen molar-refractivity contribution in [2.24, 2.45) is 5.73 Å². The van der Waals surface area contributed by atoms with Gasteiger partial charge < -0.3 is 21.0 Å². The third-order valence-electron chi connectivity index (χ3n) is 5.32. The van der Waals surface area contributed by atoms with Gasteiger partial charge in [0.25, 0.3) is 5.91 Å². The molecule has 2 aromatic carbocycles. The van der Waals surface area contributed by atoms with Gasteiger partial charge in [0.2, 0.25) is 5.56 Å². The van der Waals surface area contributed by atoms with E-state index in [-0.39, 0.29) is 17.3 Å². The van der Waals surface area contributed by atoms with E-state index in [4.69, 9.17) is 11.1 Å². The highest BCUT2D eigenvalue weighted by Gasteiger charge is 2.11. The van der Waals surface area contributed by atoms with Crippen molar-refractivity contribution in [2.45, 2.75) is 13.3 Å². The quantitative estimate of drug-likeness (QED) is 0.246. The lowest BCUT2D eigenvalue weighted by Crippen LogP contribution is -2.26. The maximum Gasteiger partial charge on any atom is 0.251 e. The first-order valence-corrected chi connectivity index (χ1v) is 9.95. The van der Waals surface area contributed by atoms with Crippen LogP contribution in [0, 0.1) is 12.3 Å². The molecule has 0 aliphatic rings. The average Bonchev–Trinajstić information content (AvgIpc) is 3.17. The number of nitrogens with one attached hydrogen (secondary N) is 4. The summed E-state index contributed by atoms with van der Waals surface area (Å²) in [5.41, 5.74) is 11.5. The zero-order valence-electron chi connectivity index (χ0n) is 17.1. The number of carbonyl (C=O) groups is 1. The second-order valence-electron chi connectivity index (χ2n) is 7.47. The van der Waals surface area contributed by atoms with Crippen molar-refractivity contribution in [3.8, 4) is 11.1 Å². The number of amidine groups is 1. The standard InChI is InChI=1S/C24H23N5O2/c1-14-10-16(17-4-7-22(30)29-12-17)3-5-18(14)24(31)27-9-8-15-2-6-21-19(11-15)20(13-28-21)23(25)26/h2-7,10-13,28H,8-9H2,1H3,(H3,25,26)(H,27,31)(H,29,30). The summed E-state index contributed by atoms with van der Waals surface area (Å²) in [6.07, 6.45) is 4.06. The van der Waals surface area contributed by atoms with E-state index in [9.17, 15) is 9.59 Å². The first-order valence-electron chi connectivity index (χ1n) is 9.95. The number of aromatic nitrogens is 2. The molecular weight excluding hydrogens is 390 g/mol. The van der Waals surface area contributed by atoms with Gasteiger partial charge in [-0.15, -0.1) is 0 Å². The van der Waals surface area contributed by atoms with Crippen molar-refractivity contribution in [1.29, 1.82) is 5.41 Å². The predicted molar refractivity (Wildman–Crippen MR) is 123 cm³/mol. The summed E-state index contributed by atoms with van der Waals surface area (Å²) in [7, 11) is 0. The zero-order chi connectivity index (χ0) is 22.0. The molecule has 0 atom stereocenters. The molecule has 6 N–H and O–H groups in total. The molecule has 0 unspecified atom stereocenters. The van der Waals surface area contributed by atoms with E-state index in [0.29, 0.717) is 24.1 Å². The second kappa shape index (κ2) is 8.31. The first-order chi connectivity index (χ1) is 14.9. The summed E-state index contributed by atoms with van der Waals surface area (Å²) in [5, 5.41) is 11.6. The molecule has 0 saturated carbocycles. The molecule has 31 heavy (non-hydrogen) atoms. The van der Waals surface area contributed by atoms with Crippen LogP contribution < -0.4 is 16.6 Å². The Kier molecular flexibility index (Phi) is 5.41. The van der Waals surface area contributed by atoms with Crippen molar-refractivity contribution in [3.05, 3.63) is 93.5 Å². The number of aryl methyl sites for hydroxylation is 1. The summed E-state index contributed by atoms with van der Waals surface area (Å²) in [6, 6.07) is 14.8. The van der Waals surface area contributed by atoms with Crippen molar-refractivity contribution in [2.75, 3.05) is 6.54 Å². The van der Waals surface area contributed by atoms with Crippen molar-refractivity contribution in [1.82, 2.24) is 15.3 Å². The third kappa shape index (κ3) is 4.25. The van der Waals surface area contributed by atoms with Gasteiger partial charge in [-0.05, 0) is 59.9 Å². The lowest BCUT2D eigenvalue weighted by molar-refractivity contribution is 0.0953. The van der Waals surface area contributed by atoms with Crippen molar-refractivity contribution < 1.29 is 4.79 Å². The average molecular weight is 413 g/mol. The Morgan fingerprint density at radius 2 is 1.81 bits per heavy atom. The Morgan fingerprint density at radius 3 is 2.52 bits per heavy atom. The number of amides is 1. The van der Waals surface area contributed by atoms with Crippen LogP contribution in [0.3, 0.4) is 0 Å². The molecule has 7 heteroatoms. The molecule has 156 valence electrons. The highest BCUT2D eigenvalue weighted by atomic mass is 16.1. The van der Waals surface area contributed by atoms with Crippen LogP contribution in [0.4, 0.5) is 0 Å². The molecule has 0 fully saturated rings. The van der Waals surface area contributed by atoms with Gasteiger partial charge in [0.1, 0.15) is 5.84 Å². The number of aromatic amines is 2. The summed E-state index contributed by atoms with van der Waals surface area (Å²) < 4.78 is 0. The van der Waals surface area contributed by atoms with E-state index in [1.165, 1.54) is 6.07 Å². The minimum absolute atomic E-state index is 0.0255. The van der Waals surface area contributed by atoms with Crippen LogP contribution in [-0.2, 0) is 6.42 Å². The minimum atomic E-state index is -0.148. The predicted octanol–water partition coefficient (Wildman–Crippen LogP) is 3.09. The van der Waals surface area contributed by atoms with Gasteiger partial charge in [-0.25, -0.2) is 0 Å². The van der Waals surface area contributed by atoms with Gasteiger partial charge >= 0.3 is 0 Å². The van der Waals surface area contributed by atoms with Crippen LogP contribution in [0.15, 0.2) is 65.7 Å². The molecule has 7 nitrogen and oxygen atoms in total. The molecule has 0 aliphatic carbocycles. The molecule has 4 rings (SSSR count). The zero-order valence-corrected chi connectivity index (χ0v) is 17.1. The fraction of sp³-hybridized carbons (Fsp3) is 0.125. The van der Waals surface area contributed by atoms with Crippen LogP contribution in [0.5, 0.6) is 0 Å². The highest BCUT2D eigenvalue weighted by molar-refractivity contribution is 6.07. The van der Waals surface area contributed by atoms with Crippen LogP contribution >= 0.6 is 0 Å². The molecule has 4 aromatic rings. The number of benzene rings is 2. The normalized spacial score (nSPS) is 10.9. The lowest BCUT2D eigenvalue weighted by Gasteiger charge is -2.10. The Labute approximate surface area is 178 Å². The van der Waals surface area contributed by atoms with E-state index in [1.54, 1.807) is 24.5 Å². The van der Waals surface area contributed by atoms with E-state index in [1.807, 2.05) is 37.3 Å². The van der Waals surface area contributed by atoms with E-state index in [0.717, 1.165) is 33.2 Å². The number of hydrogen-bond donors (Lipinski definition) is 5. The fourth-order valence-corrected chi connectivity index (χ4v) is 3.65. The van der Waals surface area contributed by atoms with E-state index < -0.39 is 0 Å². The van der Waals surface area contributed by atoms with Crippen molar-refractivity contribution >= 4 is 22.6 Å². The van der Waals surface area contributed by atoms with Crippen LogP contribution in [0.1, 0.15) is 27.0 Å². The molecule has 0 spiro atoms. The molecule has 0 saturated heterocycles. The molecule has 0 bridgehead atoms. The van der Waals surface area contributed by atoms with E-state index in [2.05, 4.69) is 15.3 Å². The van der Waals surface area contributed by atoms with Gasteiger partial charge in [0.05, 0.1) is 0 Å². The van der Waals surface area contributed by atoms with E-state index >= 15 is 0 Å². The third-order valence-corrected chi connectivity index (χ3v) is 5.32. The smallest absolute Gasteiger partial charge is 0.251 e. The van der Waals surface area contributed by atoms with Gasteiger partial charge in [-0.2, -0.15) is 0 Å². The Bertz CT molecular complexity index is 1330. The molecule has 1 amide bonds. The molecule has 0 radical (unpaired) electrons. The summed E-state index contributed by atoms with van der Waals surface area (Å²) in [6.45, 7) is 2.39. The van der Waals surface area contributed by atoms with Crippen LogP contribution in [-0.4, -0.2) is 28.3 Å². The molecule has 0 aliphatic heterocycles. The fourth-order valence-electron chi connectivity index (χ4n) is 3.65. The second-order valence-corrected chi connectivity index (χ2v) is 7.47. The number of fused-ring (bicyclic) bond motifs is 1. The van der Waals surface area contributed by atoms with Crippen LogP contribution in [0.25, 0.3) is 22.0 Å². The number of hydrogen-bond acceptors (Lipinski definition) is 3. The number of nitrogens with two attached hydrogens (primary N) is 1. The number of rotatable bonds is 6. The maximum absolute atomic E-state index is 12.7. The topological polar surface area (TPSA) is 128 Å². The molecule has 2 heterocycles. The minimum Gasteiger partial charge on any atom is -0.384 e. The van der Waals surface area contributed by atoms with Gasteiger partial charge in [-0.1, -0.05) is 18.2 Å². The monoisotopic (exact) mass is 413 g/mol. The summed E-state index contributed by atoms with van der Waals surface area (Å²) in [5.74, 6) is -0.102. The summed E-state index contributed by atoms with van der Waals surface area (Å²) in [4.78, 5) is 29.7. The number of carbonyl (C=O) groups excluding carboxylic acids is 1. The first kappa shape index (κ1) is 20.2. The summed E-state index contributed by atoms with van der Waals surface area (Å²) >= 11 is 0. The molecule has 2 aromatic heterocycles. The van der Waals surface area contributed by atoms with Gasteiger partial charge in [0.15, 0.2) is 0 Å². The SMILES string of the molecule is Cc1cc(-c2ccc(=O)[nH]c2)ccc1C(=O)NCCc1ccc2[nH]cc(C(=N)N)c2c1. The van der Waals surface area contributed by atoms with Crippen molar-refractivity contribution in [3.63, 3.8) is 0 Å². The Balaban J connectivity index is 1.42. The maximum atomic E-state index is 12.7. The Morgan fingerprint density at radius 1 is 1.00 bits per heavy atom. The number of pyridine rings is 1. The largest absolute Gasteiger partial charge is 0.384 e. The van der Waals surface area contributed by atoms with Gasteiger partial charge in [0, 0.05) is 47.0 Å². The van der Waals surface area contributed by atoms with Crippen LogP contribution in [0.2, 0.25) is 0 Å². The Hall–Kier alpha value is -4.13.